The molecule has 3 nitrogen and oxygen atoms in total. The number of nitrogen functional groups attached to an aromatic ring is 1. The Morgan fingerprint density at radius 1 is 1.19 bits per heavy atom. The van der Waals surface area contributed by atoms with Gasteiger partial charge in [-0.25, -0.2) is 9.37 Å². The van der Waals surface area contributed by atoms with Gasteiger partial charge in [-0.1, -0.05) is 12.1 Å². The molecule has 82 valence electrons. The van der Waals surface area contributed by atoms with Gasteiger partial charge in [-0.05, 0) is 23.8 Å². The van der Waals surface area contributed by atoms with Crippen LogP contribution in [0.2, 0.25) is 0 Å². The summed E-state index contributed by atoms with van der Waals surface area (Å²) < 4.78 is 12.7. The molecular formula is C12H12FN3. The fraction of sp³-hybridized carbons (Fsp3) is 0.0833. The summed E-state index contributed by atoms with van der Waals surface area (Å²) in [6.07, 6.45) is 1.64. The first-order valence-electron chi connectivity index (χ1n) is 4.94. The van der Waals surface area contributed by atoms with Crippen LogP contribution in [-0.4, -0.2) is 4.98 Å². The maximum Gasteiger partial charge on any atom is 0.125 e. The van der Waals surface area contributed by atoms with Gasteiger partial charge in [0.15, 0.2) is 0 Å². The van der Waals surface area contributed by atoms with Gasteiger partial charge >= 0.3 is 0 Å². The molecule has 0 atom stereocenters. The van der Waals surface area contributed by atoms with Crippen molar-refractivity contribution in [3.63, 3.8) is 0 Å². The normalized spacial score (nSPS) is 10.1. The molecule has 0 aliphatic heterocycles. The van der Waals surface area contributed by atoms with Crippen LogP contribution in [-0.2, 0) is 6.54 Å². The quantitative estimate of drug-likeness (QED) is 0.830. The molecule has 4 heteroatoms. The molecule has 0 aliphatic rings. The summed E-state index contributed by atoms with van der Waals surface area (Å²) in [7, 11) is 0. The monoisotopic (exact) mass is 217 g/mol. The van der Waals surface area contributed by atoms with Crippen molar-refractivity contribution in [2.75, 3.05) is 11.1 Å². The zero-order valence-electron chi connectivity index (χ0n) is 8.65. The van der Waals surface area contributed by atoms with E-state index in [0.29, 0.717) is 12.4 Å². The minimum Gasteiger partial charge on any atom is -0.384 e. The molecule has 16 heavy (non-hydrogen) atoms. The Balaban J connectivity index is 1.99. The minimum absolute atomic E-state index is 0.225. The molecule has 0 saturated heterocycles. The maximum absolute atomic E-state index is 12.7. The lowest BCUT2D eigenvalue weighted by Gasteiger charge is -2.06. The summed E-state index contributed by atoms with van der Waals surface area (Å²) >= 11 is 0. The number of nitrogens with one attached hydrogen (secondary N) is 1. The molecule has 0 fully saturated rings. The van der Waals surface area contributed by atoms with Gasteiger partial charge in [0, 0.05) is 24.5 Å². The van der Waals surface area contributed by atoms with Crippen LogP contribution in [0.1, 0.15) is 5.56 Å². The van der Waals surface area contributed by atoms with Crippen LogP contribution in [0.5, 0.6) is 0 Å². The van der Waals surface area contributed by atoms with Crippen molar-refractivity contribution in [3.8, 4) is 0 Å². The van der Waals surface area contributed by atoms with Crippen molar-refractivity contribution < 1.29 is 4.39 Å². The number of hydrogen-bond acceptors (Lipinski definition) is 3. The Morgan fingerprint density at radius 3 is 2.62 bits per heavy atom. The highest BCUT2D eigenvalue weighted by Gasteiger charge is 1.95. The number of benzene rings is 1. The van der Waals surface area contributed by atoms with Crippen molar-refractivity contribution in [1.29, 1.82) is 0 Å². The molecule has 0 bridgehead atoms. The highest BCUT2D eigenvalue weighted by molar-refractivity contribution is 5.49. The van der Waals surface area contributed by atoms with Crippen molar-refractivity contribution in [3.05, 3.63) is 54.0 Å². The third-order valence-corrected chi connectivity index (χ3v) is 2.19. The molecule has 0 radical (unpaired) electrons. The van der Waals surface area contributed by atoms with E-state index in [-0.39, 0.29) is 5.82 Å². The first kappa shape index (κ1) is 10.4. The lowest BCUT2D eigenvalue weighted by molar-refractivity contribution is 0.627. The lowest BCUT2D eigenvalue weighted by atomic mass is 10.2. The van der Waals surface area contributed by atoms with E-state index in [9.17, 15) is 4.39 Å². The molecule has 0 saturated carbocycles. The van der Waals surface area contributed by atoms with Gasteiger partial charge in [-0.3, -0.25) is 0 Å². The van der Waals surface area contributed by atoms with Crippen LogP contribution >= 0.6 is 0 Å². The number of anilines is 2. The van der Waals surface area contributed by atoms with E-state index >= 15 is 0 Å². The molecule has 0 aliphatic carbocycles. The summed E-state index contributed by atoms with van der Waals surface area (Å²) in [4.78, 5) is 3.89. The van der Waals surface area contributed by atoms with Crippen molar-refractivity contribution in [1.82, 2.24) is 4.98 Å². The molecule has 1 aromatic heterocycles. The average Bonchev–Trinajstić information content (AvgIpc) is 2.28. The summed E-state index contributed by atoms with van der Waals surface area (Å²) in [5, 5.41) is 3.18. The molecule has 1 heterocycles. The van der Waals surface area contributed by atoms with E-state index in [1.54, 1.807) is 24.4 Å². The zero-order valence-corrected chi connectivity index (χ0v) is 8.65. The van der Waals surface area contributed by atoms with Gasteiger partial charge in [0.2, 0.25) is 0 Å². The number of pyridine rings is 1. The predicted molar refractivity (Wildman–Crippen MR) is 62.4 cm³/mol. The first-order valence-corrected chi connectivity index (χ1v) is 4.94. The molecule has 2 rings (SSSR count). The Morgan fingerprint density at radius 2 is 1.94 bits per heavy atom. The number of nitrogens with two attached hydrogens (primary N) is 1. The summed E-state index contributed by atoms with van der Waals surface area (Å²) in [6.45, 7) is 0.629. The standard InChI is InChI=1S/C12H12FN3/c13-10-3-1-9(2-4-10)8-16-11-5-6-15-12(14)7-11/h1-7H,8H2,(H3,14,15,16). The van der Waals surface area contributed by atoms with Crippen LogP contribution in [0.15, 0.2) is 42.6 Å². The van der Waals surface area contributed by atoms with Crippen LogP contribution in [0.3, 0.4) is 0 Å². The summed E-state index contributed by atoms with van der Waals surface area (Å²) in [6, 6.07) is 9.96. The van der Waals surface area contributed by atoms with Crippen LogP contribution in [0.25, 0.3) is 0 Å². The van der Waals surface area contributed by atoms with Gasteiger partial charge < -0.3 is 11.1 Å². The summed E-state index contributed by atoms with van der Waals surface area (Å²) in [5.41, 5.74) is 7.46. The second-order valence-corrected chi connectivity index (χ2v) is 3.45. The Kier molecular flexibility index (Phi) is 3.00. The molecule has 0 unspecified atom stereocenters. The predicted octanol–water partition coefficient (Wildman–Crippen LogP) is 2.42. The third kappa shape index (κ3) is 2.70. The highest BCUT2D eigenvalue weighted by atomic mass is 19.1. The first-order chi connectivity index (χ1) is 7.74. The SMILES string of the molecule is Nc1cc(NCc2ccc(F)cc2)ccn1. The topological polar surface area (TPSA) is 50.9 Å². The molecule has 2 aromatic rings. The van der Waals surface area contributed by atoms with Crippen molar-refractivity contribution in [2.45, 2.75) is 6.54 Å². The van der Waals surface area contributed by atoms with E-state index in [0.717, 1.165) is 11.3 Å². The second kappa shape index (κ2) is 4.61. The smallest absolute Gasteiger partial charge is 0.125 e. The van der Waals surface area contributed by atoms with Gasteiger partial charge in [0.1, 0.15) is 11.6 Å². The second-order valence-electron chi connectivity index (χ2n) is 3.45. The average molecular weight is 217 g/mol. The Labute approximate surface area is 93.1 Å². The minimum atomic E-state index is -0.225. The third-order valence-electron chi connectivity index (χ3n) is 2.19. The van der Waals surface area contributed by atoms with E-state index in [1.807, 2.05) is 6.07 Å². The van der Waals surface area contributed by atoms with Crippen LogP contribution < -0.4 is 11.1 Å². The molecule has 1 aromatic carbocycles. The number of rotatable bonds is 3. The number of halogens is 1. The summed E-state index contributed by atoms with van der Waals surface area (Å²) in [5.74, 6) is 0.251. The Bertz CT molecular complexity index is 468. The van der Waals surface area contributed by atoms with E-state index in [1.165, 1.54) is 12.1 Å². The van der Waals surface area contributed by atoms with Crippen LogP contribution in [0, 0.1) is 5.82 Å². The van der Waals surface area contributed by atoms with Gasteiger partial charge in [0.05, 0.1) is 0 Å². The van der Waals surface area contributed by atoms with E-state index in [2.05, 4.69) is 10.3 Å². The molecule has 3 N–H and O–H groups in total. The largest absolute Gasteiger partial charge is 0.384 e. The highest BCUT2D eigenvalue weighted by Crippen LogP contribution is 2.11. The fourth-order valence-electron chi connectivity index (χ4n) is 1.36. The number of hydrogen-bond donors (Lipinski definition) is 2. The van der Waals surface area contributed by atoms with E-state index < -0.39 is 0 Å². The maximum atomic E-state index is 12.7. The zero-order chi connectivity index (χ0) is 11.4. The Hall–Kier alpha value is -2.10. The lowest BCUT2D eigenvalue weighted by Crippen LogP contribution is -2.00. The van der Waals surface area contributed by atoms with Gasteiger partial charge in [-0.2, -0.15) is 0 Å². The fourth-order valence-corrected chi connectivity index (χ4v) is 1.36. The molecule has 0 amide bonds. The van der Waals surface area contributed by atoms with Gasteiger partial charge in [-0.15, -0.1) is 0 Å². The van der Waals surface area contributed by atoms with E-state index in [4.69, 9.17) is 5.73 Å². The van der Waals surface area contributed by atoms with Crippen molar-refractivity contribution >= 4 is 11.5 Å². The van der Waals surface area contributed by atoms with Gasteiger partial charge in [0.25, 0.3) is 0 Å². The molecular weight excluding hydrogens is 205 g/mol. The van der Waals surface area contributed by atoms with Crippen LogP contribution in [0.4, 0.5) is 15.9 Å². The van der Waals surface area contributed by atoms with Crippen molar-refractivity contribution in [2.24, 2.45) is 0 Å². The number of nitrogens with zero attached hydrogens (tertiary/aromatic N) is 1. The number of aromatic nitrogens is 1. The molecule has 0 spiro atoms.